The van der Waals surface area contributed by atoms with Crippen molar-refractivity contribution in [2.75, 3.05) is 0 Å². The van der Waals surface area contributed by atoms with Gasteiger partial charge in [-0.3, -0.25) is 23.5 Å². The zero-order chi connectivity index (χ0) is 25.1. The predicted molar refractivity (Wildman–Crippen MR) is 146 cm³/mol. The summed E-state index contributed by atoms with van der Waals surface area (Å²) in [4.78, 5) is 37.9. The SMILES string of the molecule is Cc1c2[nH]c(=O)c(Sc3nc4sc5c(c4c(=O)n3CC(C)C)CCCC5)c-2n(-c2ccccc2)n1C. The van der Waals surface area contributed by atoms with Crippen molar-refractivity contribution in [3.8, 4) is 17.1 Å². The number of H-pyrrole nitrogens is 1. The number of para-hydroxylation sites is 1. The second kappa shape index (κ2) is 8.81. The number of rotatable bonds is 5. The van der Waals surface area contributed by atoms with Gasteiger partial charge >= 0.3 is 0 Å². The van der Waals surface area contributed by atoms with Crippen molar-refractivity contribution in [2.24, 2.45) is 13.0 Å². The lowest BCUT2D eigenvalue weighted by Crippen LogP contribution is -2.26. The number of benzene rings is 1. The summed E-state index contributed by atoms with van der Waals surface area (Å²) in [5.74, 6) is 0.266. The maximum absolute atomic E-state index is 13.9. The summed E-state index contributed by atoms with van der Waals surface area (Å²) in [6.45, 7) is 6.77. The molecule has 3 aliphatic rings. The maximum atomic E-state index is 13.9. The standard InChI is InChI=1S/C27H29N5O2S2/c1-15(2)14-31-26(34)20-18-12-8-9-13-19(18)35-25(20)29-27(31)36-23-22-21(28-24(23)33)16(3)30(4)32(22)17-10-6-5-7-11-17/h5-7,10-11,15H,8-9,12-14H2,1-4H3,(H,28,33). The molecule has 3 aromatic rings. The maximum Gasteiger partial charge on any atom is 0.264 e. The van der Waals surface area contributed by atoms with Gasteiger partial charge in [-0.05, 0) is 68.0 Å². The van der Waals surface area contributed by atoms with Crippen LogP contribution < -0.4 is 11.1 Å². The van der Waals surface area contributed by atoms with Gasteiger partial charge in [-0.2, -0.15) is 0 Å². The third kappa shape index (κ3) is 3.59. The topological polar surface area (TPSA) is 77.6 Å². The Kier molecular flexibility index (Phi) is 5.72. The van der Waals surface area contributed by atoms with Crippen LogP contribution in [0.5, 0.6) is 0 Å². The Bertz CT molecular complexity index is 1680. The van der Waals surface area contributed by atoms with Crippen molar-refractivity contribution >= 4 is 33.3 Å². The van der Waals surface area contributed by atoms with Crippen LogP contribution in [0.15, 0.2) is 50.0 Å². The van der Waals surface area contributed by atoms with Crippen LogP contribution in [0, 0.1) is 12.8 Å². The predicted octanol–water partition coefficient (Wildman–Crippen LogP) is 5.37. The van der Waals surface area contributed by atoms with Crippen molar-refractivity contribution in [2.45, 2.75) is 63.1 Å². The molecule has 7 nitrogen and oxygen atoms in total. The Hall–Kier alpha value is -3.04. The fourth-order valence-electron chi connectivity index (χ4n) is 5.26. The molecule has 0 saturated heterocycles. The number of aromatic nitrogens is 5. The van der Waals surface area contributed by atoms with Crippen LogP contribution >= 0.6 is 23.1 Å². The Morgan fingerprint density at radius 2 is 1.89 bits per heavy atom. The van der Waals surface area contributed by atoms with Gasteiger partial charge in [-0.25, -0.2) is 4.98 Å². The number of aryl methyl sites for hydroxylation is 2. The molecule has 0 bridgehead atoms. The lowest BCUT2D eigenvalue weighted by atomic mass is 9.97. The number of thiophene rings is 1. The van der Waals surface area contributed by atoms with Gasteiger partial charge in [0.15, 0.2) is 5.16 Å². The number of nitrogens with zero attached hydrogens (tertiary/aromatic N) is 4. The fraction of sp³-hybridized carbons (Fsp3) is 0.370. The van der Waals surface area contributed by atoms with Crippen LogP contribution in [0.1, 0.15) is 42.8 Å². The number of hydrogen-bond acceptors (Lipinski definition) is 5. The van der Waals surface area contributed by atoms with E-state index < -0.39 is 0 Å². The number of nitrogens with one attached hydrogen (secondary N) is 1. The lowest BCUT2D eigenvalue weighted by Gasteiger charge is -2.15. The average Bonchev–Trinajstić information content (AvgIpc) is 3.46. The van der Waals surface area contributed by atoms with E-state index >= 15 is 0 Å². The summed E-state index contributed by atoms with van der Waals surface area (Å²) in [6, 6.07) is 10.0. The zero-order valence-corrected chi connectivity index (χ0v) is 22.6. The highest BCUT2D eigenvalue weighted by Gasteiger charge is 2.29. The number of hydrogen-bond donors (Lipinski definition) is 1. The van der Waals surface area contributed by atoms with E-state index in [0.29, 0.717) is 16.6 Å². The smallest absolute Gasteiger partial charge is 0.264 e. The third-order valence-corrected chi connectivity index (χ3v) is 9.30. The molecule has 0 saturated carbocycles. The summed E-state index contributed by atoms with van der Waals surface area (Å²) >= 11 is 2.96. The van der Waals surface area contributed by atoms with Gasteiger partial charge in [0, 0.05) is 18.5 Å². The molecule has 0 radical (unpaired) electrons. The molecule has 0 atom stereocenters. The van der Waals surface area contributed by atoms with Gasteiger partial charge in [0.2, 0.25) is 0 Å². The Morgan fingerprint density at radius 1 is 1.14 bits per heavy atom. The highest BCUT2D eigenvalue weighted by atomic mass is 32.2. The highest BCUT2D eigenvalue weighted by Crippen LogP contribution is 2.39. The van der Waals surface area contributed by atoms with Crippen LogP contribution in [0.25, 0.3) is 27.3 Å². The zero-order valence-electron chi connectivity index (χ0n) is 20.9. The molecular weight excluding hydrogens is 490 g/mol. The Morgan fingerprint density at radius 3 is 2.64 bits per heavy atom. The van der Waals surface area contributed by atoms with E-state index in [9.17, 15) is 9.59 Å². The summed E-state index contributed by atoms with van der Waals surface area (Å²) < 4.78 is 5.89. The molecule has 0 spiro atoms. The van der Waals surface area contributed by atoms with Crippen LogP contribution in [-0.2, 0) is 26.4 Å². The van der Waals surface area contributed by atoms with Crippen LogP contribution in [-0.4, -0.2) is 23.9 Å². The van der Waals surface area contributed by atoms with Gasteiger partial charge in [0.25, 0.3) is 11.1 Å². The molecule has 0 amide bonds. The number of fused-ring (bicyclic) bond motifs is 4. The average molecular weight is 520 g/mol. The van der Waals surface area contributed by atoms with Crippen molar-refractivity contribution in [1.82, 2.24) is 23.9 Å². The molecule has 9 heteroatoms. The van der Waals surface area contributed by atoms with Gasteiger partial charge in [0.1, 0.15) is 15.4 Å². The minimum absolute atomic E-state index is 0.0232. The highest BCUT2D eigenvalue weighted by molar-refractivity contribution is 7.99. The molecule has 1 N–H and O–H groups in total. The van der Waals surface area contributed by atoms with Crippen molar-refractivity contribution < 1.29 is 0 Å². The largest absolute Gasteiger partial charge is 0.318 e. The van der Waals surface area contributed by atoms with Gasteiger partial charge < -0.3 is 4.98 Å². The quantitative estimate of drug-likeness (QED) is 0.317. The van der Waals surface area contributed by atoms with Crippen LogP contribution in [0.4, 0.5) is 0 Å². The molecule has 2 aromatic heterocycles. The normalized spacial score (nSPS) is 13.8. The van der Waals surface area contributed by atoms with Crippen LogP contribution in [0.2, 0.25) is 0 Å². The van der Waals surface area contributed by atoms with E-state index in [1.54, 1.807) is 15.9 Å². The summed E-state index contributed by atoms with van der Waals surface area (Å²) in [5.41, 5.74) is 4.61. The van der Waals surface area contributed by atoms with Gasteiger partial charge in [0.05, 0.1) is 22.5 Å². The van der Waals surface area contributed by atoms with Crippen molar-refractivity contribution in [3.05, 3.63) is 67.2 Å². The molecule has 0 fully saturated rings. The summed E-state index contributed by atoms with van der Waals surface area (Å²) in [7, 11) is 1.99. The molecular formula is C27H29N5O2S2. The van der Waals surface area contributed by atoms with Gasteiger partial charge in [-0.1, -0.05) is 32.0 Å². The Balaban J connectivity index is 1.57. The molecule has 0 unspecified atom stereocenters. The monoisotopic (exact) mass is 519 g/mol. The first-order valence-corrected chi connectivity index (χ1v) is 14.1. The summed E-state index contributed by atoms with van der Waals surface area (Å²) in [6.07, 6.45) is 4.25. The van der Waals surface area contributed by atoms with E-state index in [4.69, 9.17) is 4.98 Å². The van der Waals surface area contributed by atoms with Crippen molar-refractivity contribution in [1.29, 1.82) is 0 Å². The first-order valence-electron chi connectivity index (χ1n) is 12.4. The minimum Gasteiger partial charge on any atom is -0.318 e. The summed E-state index contributed by atoms with van der Waals surface area (Å²) in [5, 5.41) is 1.37. The first kappa shape index (κ1) is 23.4. The molecule has 1 aliphatic carbocycles. The molecule has 2 aliphatic heterocycles. The first-order chi connectivity index (χ1) is 17.3. The van der Waals surface area contributed by atoms with Crippen LogP contribution in [0.3, 0.4) is 0 Å². The molecule has 1 aromatic carbocycles. The molecule has 6 rings (SSSR count). The van der Waals surface area contributed by atoms with E-state index in [1.807, 2.05) is 49.0 Å². The third-order valence-electron chi connectivity index (χ3n) is 7.04. The van der Waals surface area contributed by atoms with E-state index in [1.165, 1.54) is 22.2 Å². The number of aromatic amines is 1. The Labute approximate surface area is 217 Å². The lowest BCUT2D eigenvalue weighted by molar-refractivity contribution is 0.475. The second-order valence-electron chi connectivity index (χ2n) is 9.96. The minimum atomic E-state index is -0.158. The van der Waals surface area contributed by atoms with Gasteiger partial charge in [-0.15, -0.1) is 11.3 Å². The molecule has 186 valence electrons. The second-order valence-corrected chi connectivity index (χ2v) is 12.0. The molecule has 36 heavy (non-hydrogen) atoms. The van der Waals surface area contributed by atoms with E-state index in [-0.39, 0.29) is 17.0 Å². The fourth-order valence-corrected chi connectivity index (χ4v) is 7.58. The van der Waals surface area contributed by atoms with Crippen molar-refractivity contribution in [3.63, 3.8) is 0 Å². The molecule has 4 heterocycles. The van der Waals surface area contributed by atoms with E-state index in [2.05, 4.69) is 23.5 Å². The van der Waals surface area contributed by atoms with E-state index in [0.717, 1.165) is 58.7 Å².